The summed E-state index contributed by atoms with van der Waals surface area (Å²) in [5.41, 5.74) is 2.74. The zero-order chi connectivity index (χ0) is 25.0. The predicted octanol–water partition coefficient (Wildman–Crippen LogP) is 4.67. The number of para-hydroxylation sites is 1. The van der Waals surface area contributed by atoms with E-state index in [1.807, 2.05) is 49.4 Å². The fraction of sp³-hybridized carbons (Fsp3) is 0.321. The van der Waals surface area contributed by atoms with Gasteiger partial charge < -0.3 is 9.84 Å². The Morgan fingerprint density at radius 3 is 2.31 bits per heavy atom. The molecule has 6 nitrogen and oxygen atoms in total. The molecule has 0 unspecified atom stereocenters. The molecule has 7 heteroatoms. The summed E-state index contributed by atoms with van der Waals surface area (Å²) in [4.78, 5) is 13.2. The standard InChI is InChI=1S/C28H31NO5S/c1-3-34-28(31)26-18-25(21-9-5-4-6-10-21)23(17-22-11-7-8-12-27(22)30)19-29(26)35(32,33)24-15-13-20(2)14-16-24/h4-16,23,25-26,30H,3,17-19H2,1-2H3/t23-,25+,26-/m0/s1. The predicted molar refractivity (Wildman–Crippen MR) is 135 cm³/mol. The average molecular weight is 494 g/mol. The summed E-state index contributed by atoms with van der Waals surface area (Å²) in [6.45, 7) is 3.92. The lowest BCUT2D eigenvalue weighted by molar-refractivity contribution is -0.149. The molecule has 0 radical (unpaired) electrons. The number of rotatable bonds is 7. The van der Waals surface area contributed by atoms with Crippen LogP contribution in [0.1, 0.15) is 36.0 Å². The highest BCUT2D eigenvalue weighted by Crippen LogP contribution is 2.41. The van der Waals surface area contributed by atoms with Crippen molar-refractivity contribution in [2.75, 3.05) is 13.2 Å². The third kappa shape index (κ3) is 5.41. The number of ether oxygens (including phenoxy) is 1. The molecular formula is C28H31NO5S. The van der Waals surface area contributed by atoms with Crippen LogP contribution >= 0.6 is 0 Å². The summed E-state index contributed by atoms with van der Waals surface area (Å²) in [5.74, 6) is -0.601. The summed E-state index contributed by atoms with van der Waals surface area (Å²) in [7, 11) is -3.96. The van der Waals surface area contributed by atoms with E-state index in [4.69, 9.17) is 4.74 Å². The minimum Gasteiger partial charge on any atom is -0.508 e. The van der Waals surface area contributed by atoms with E-state index in [1.165, 1.54) is 4.31 Å². The molecule has 4 rings (SSSR count). The Morgan fingerprint density at radius 2 is 1.66 bits per heavy atom. The fourth-order valence-corrected chi connectivity index (χ4v) is 6.53. The highest BCUT2D eigenvalue weighted by molar-refractivity contribution is 7.89. The van der Waals surface area contributed by atoms with E-state index in [2.05, 4.69) is 0 Å². The van der Waals surface area contributed by atoms with Gasteiger partial charge in [-0.05, 0) is 67.9 Å². The molecule has 0 aliphatic carbocycles. The number of phenolic OH excluding ortho intramolecular Hbond substituents is 1. The van der Waals surface area contributed by atoms with Crippen molar-refractivity contribution in [3.8, 4) is 5.75 Å². The van der Waals surface area contributed by atoms with Crippen molar-refractivity contribution in [1.29, 1.82) is 0 Å². The molecule has 3 aromatic rings. The second-order valence-electron chi connectivity index (χ2n) is 9.00. The Kier molecular flexibility index (Phi) is 7.57. The van der Waals surface area contributed by atoms with Crippen LogP contribution in [0.25, 0.3) is 0 Å². The Bertz CT molecular complexity index is 1260. The number of hydrogen-bond donors (Lipinski definition) is 1. The Hall–Kier alpha value is -3.16. The summed E-state index contributed by atoms with van der Waals surface area (Å²) in [5, 5.41) is 10.4. The van der Waals surface area contributed by atoms with Gasteiger partial charge in [0, 0.05) is 6.54 Å². The van der Waals surface area contributed by atoms with Crippen molar-refractivity contribution in [3.05, 3.63) is 95.6 Å². The minimum atomic E-state index is -3.96. The van der Waals surface area contributed by atoms with E-state index in [-0.39, 0.29) is 35.6 Å². The molecule has 3 aromatic carbocycles. The van der Waals surface area contributed by atoms with Gasteiger partial charge in [-0.2, -0.15) is 4.31 Å². The summed E-state index contributed by atoms with van der Waals surface area (Å²) < 4.78 is 34.2. The number of sulfonamides is 1. The topological polar surface area (TPSA) is 83.9 Å². The van der Waals surface area contributed by atoms with Crippen LogP contribution in [0.5, 0.6) is 5.75 Å². The first kappa shape index (κ1) is 24.9. The number of aromatic hydroxyl groups is 1. The SMILES string of the molecule is CCOC(=O)[C@@H]1C[C@H](c2ccccc2)[C@@H](Cc2ccccc2O)CN1S(=O)(=O)c1ccc(C)cc1. The zero-order valence-corrected chi connectivity index (χ0v) is 20.8. The van der Waals surface area contributed by atoms with Gasteiger partial charge in [-0.25, -0.2) is 8.42 Å². The molecule has 0 aromatic heterocycles. The molecule has 1 fully saturated rings. The second-order valence-corrected chi connectivity index (χ2v) is 10.9. The lowest BCUT2D eigenvalue weighted by Gasteiger charge is -2.42. The van der Waals surface area contributed by atoms with Crippen molar-refractivity contribution in [2.24, 2.45) is 5.92 Å². The Morgan fingerprint density at radius 1 is 1.00 bits per heavy atom. The van der Waals surface area contributed by atoms with Crippen LogP contribution in [0.15, 0.2) is 83.8 Å². The molecule has 0 saturated carbocycles. The molecule has 1 N–H and O–H groups in total. The van der Waals surface area contributed by atoms with Crippen molar-refractivity contribution < 1.29 is 23.1 Å². The lowest BCUT2D eigenvalue weighted by Crippen LogP contribution is -2.53. The van der Waals surface area contributed by atoms with Gasteiger partial charge in [0.1, 0.15) is 11.8 Å². The molecule has 0 bridgehead atoms. The third-order valence-electron chi connectivity index (χ3n) is 6.70. The quantitative estimate of drug-likeness (QED) is 0.484. The third-order valence-corrected chi connectivity index (χ3v) is 8.58. The van der Waals surface area contributed by atoms with E-state index in [0.29, 0.717) is 12.8 Å². The number of nitrogens with zero attached hydrogens (tertiary/aromatic N) is 1. The first-order valence-corrected chi connectivity index (χ1v) is 13.3. The molecule has 1 aliphatic heterocycles. The normalized spacial score (nSPS) is 20.9. The summed E-state index contributed by atoms with van der Waals surface area (Å²) in [6.07, 6.45) is 0.772. The van der Waals surface area contributed by atoms with Crippen LogP contribution in [0, 0.1) is 12.8 Å². The minimum absolute atomic E-state index is 0.0883. The fourth-order valence-electron chi connectivity index (χ4n) is 4.88. The van der Waals surface area contributed by atoms with Gasteiger partial charge >= 0.3 is 5.97 Å². The van der Waals surface area contributed by atoms with Crippen LogP contribution in [0.4, 0.5) is 0 Å². The zero-order valence-electron chi connectivity index (χ0n) is 20.0. The first-order chi connectivity index (χ1) is 16.8. The molecule has 3 atom stereocenters. The van der Waals surface area contributed by atoms with Crippen molar-refractivity contribution in [3.63, 3.8) is 0 Å². The van der Waals surface area contributed by atoms with Crippen LogP contribution in [-0.4, -0.2) is 43.0 Å². The average Bonchev–Trinajstić information content (AvgIpc) is 2.86. The monoisotopic (exact) mass is 493 g/mol. The lowest BCUT2D eigenvalue weighted by atomic mass is 9.75. The molecule has 0 spiro atoms. The van der Waals surface area contributed by atoms with Gasteiger partial charge in [0.05, 0.1) is 11.5 Å². The molecule has 184 valence electrons. The summed E-state index contributed by atoms with van der Waals surface area (Å²) in [6, 6.07) is 22.7. The summed E-state index contributed by atoms with van der Waals surface area (Å²) >= 11 is 0. The van der Waals surface area contributed by atoms with Gasteiger partial charge in [0.25, 0.3) is 0 Å². The second kappa shape index (κ2) is 10.6. The van der Waals surface area contributed by atoms with E-state index in [9.17, 15) is 18.3 Å². The maximum absolute atomic E-state index is 13.8. The maximum Gasteiger partial charge on any atom is 0.324 e. The number of aryl methyl sites for hydroxylation is 1. The molecule has 0 amide bonds. The number of hydrogen-bond acceptors (Lipinski definition) is 5. The first-order valence-electron chi connectivity index (χ1n) is 11.9. The van der Waals surface area contributed by atoms with E-state index < -0.39 is 22.0 Å². The van der Waals surface area contributed by atoms with Crippen molar-refractivity contribution in [2.45, 2.75) is 43.5 Å². The number of phenols is 1. The number of piperidine rings is 1. The highest BCUT2D eigenvalue weighted by atomic mass is 32.2. The van der Waals surface area contributed by atoms with E-state index >= 15 is 0 Å². The van der Waals surface area contributed by atoms with Gasteiger partial charge in [-0.3, -0.25) is 4.79 Å². The van der Waals surface area contributed by atoms with Crippen molar-refractivity contribution >= 4 is 16.0 Å². The molecule has 1 saturated heterocycles. The highest BCUT2D eigenvalue weighted by Gasteiger charge is 2.46. The molecular weight excluding hydrogens is 462 g/mol. The number of benzene rings is 3. The van der Waals surface area contributed by atoms with Crippen LogP contribution in [0.3, 0.4) is 0 Å². The molecule has 1 heterocycles. The van der Waals surface area contributed by atoms with E-state index in [1.54, 1.807) is 43.3 Å². The van der Waals surface area contributed by atoms with Gasteiger partial charge in [-0.1, -0.05) is 66.2 Å². The molecule has 1 aliphatic rings. The Balaban J connectivity index is 1.77. The van der Waals surface area contributed by atoms with Crippen LogP contribution in [0.2, 0.25) is 0 Å². The smallest absolute Gasteiger partial charge is 0.324 e. The van der Waals surface area contributed by atoms with Crippen LogP contribution < -0.4 is 0 Å². The number of esters is 1. The largest absolute Gasteiger partial charge is 0.508 e. The van der Waals surface area contributed by atoms with Gasteiger partial charge in [-0.15, -0.1) is 0 Å². The maximum atomic E-state index is 13.8. The number of carbonyl (C=O) groups is 1. The molecule has 35 heavy (non-hydrogen) atoms. The van der Waals surface area contributed by atoms with Crippen LogP contribution in [-0.2, 0) is 26.0 Å². The van der Waals surface area contributed by atoms with Gasteiger partial charge in [0.15, 0.2) is 0 Å². The Labute approximate surface area is 207 Å². The van der Waals surface area contributed by atoms with Gasteiger partial charge in [0.2, 0.25) is 10.0 Å². The van der Waals surface area contributed by atoms with Crippen molar-refractivity contribution in [1.82, 2.24) is 4.31 Å². The number of carbonyl (C=O) groups excluding carboxylic acids is 1. The van der Waals surface area contributed by atoms with E-state index in [0.717, 1.165) is 16.7 Å².